The van der Waals surface area contributed by atoms with Gasteiger partial charge in [-0.3, -0.25) is 4.79 Å². The summed E-state index contributed by atoms with van der Waals surface area (Å²) in [5, 5.41) is 28.6. The van der Waals surface area contributed by atoms with Crippen LogP contribution in [0.2, 0.25) is 0 Å². The molecule has 0 heterocycles. The largest absolute Gasteiger partial charge is 0.504 e. The number of nitriles is 1. The van der Waals surface area contributed by atoms with Crippen molar-refractivity contribution >= 4 is 5.91 Å². The maximum atomic E-state index is 11.2. The number of rotatable bonds is 2. The Kier molecular flexibility index (Phi) is 2.92. The van der Waals surface area contributed by atoms with Crippen molar-refractivity contribution in [2.75, 3.05) is 6.54 Å². The Bertz CT molecular complexity index is 396. The van der Waals surface area contributed by atoms with Crippen molar-refractivity contribution in [2.45, 2.75) is 0 Å². The normalized spacial score (nSPS) is 9.07. The second-order valence-electron chi connectivity index (χ2n) is 2.54. The summed E-state index contributed by atoms with van der Waals surface area (Å²) in [6.45, 7) is -0.0968. The maximum Gasteiger partial charge on any atom is 0.252 e. The highest BCUT2D eigenvalue weighted by Gasteiger charge is 2.07. The van der Waals surface area contributed by atoms with Gasteiger partial charge in [0.15, 0.2) is 11.5 Å². The molecule has 0 atom stereocenters. The van der Waals surface area contributed by atoms with E-state index in [0.717, 1.165) is 6.07 Å². The highest BCUT2D eigenvalue weighted by atomic mass is 16.3. The summed E-state index contributed by atoms with van der Waals surface area (Å²) in [5.74, 6) is -1.13. The van der Waals surface area contributed by atoms with Crippen LogP contribution in [-0.4, -0.2) is 22.7 Å². The molecule has 72 valence electrons. The van der Waals surface area contributed by atoms with Crippen LogP contribution in [0, 0.1) is 11.3 Å². The lowest BCUT2D eigenvalue weighted by atomic mass is 10.2. The number of carbonyl (C=O) groups is 1. The number of hydrogen-bond acceptors (Lipinski definition) is 4. The first-order valence-corrected chi connectivity index (χ1v) is 3.82. The molecule has 0 spiro atoms. The van der Waals surface area contributed by atoms with E-state index < -0.39 is 5.91 Å². The standard InChI is InChI=1S/C9H8N2O3/c10-3-4-11-9(14)6-1-2-7(12)8(13)5-6/h1-2,5,12-13H,4H2,(H,11,14). The summed E-state index contributed by atoms with van der Waals surface area (Å²) in [6, 6.07) is 5.43. The fraction of sp³-hybridized carbons (Fsp3) is 0.111. The van der Waals surface area contributed by atoms with Gasteiger partial charge < -0.3 is 15.5 Å². The SMILES string of the molecule is N#CCNC(=O)c1ccc(O)c(O)c1. The third-order valence-electron chi connectivity index (χ3n) is 1.57. The van der Waals surface area contributed by atoms with E-state index in [1.54, 1.807) is 6.07 Å². The van der Waals surface area contributed by atoms with Crippen molar-refractivity contribution in [3.05, 3.63) is 23.8 Å². The summed E-state index contributed by atoms with van der Waals surface area (Å²) >= 11 is 0. The van der Waals surface area contributed by atoms with Crippen molar-refractivity contribution in [3.63, 3.8) is 0 Å². The molecule has 14 heavy (non-hydrogen) atoms. The van der Waals surface area contributed by atoms with Gasteiger partial charge in [-0.05, 0) is 18.2 Å². The van der Waals surface area contributed by atoms with Crippen molar-refractivity contribution < 1.29 is 15.0 Å². The highest BCUT2D eigenvalue weighted by Crippen LogP contribution is 2.24. The molecule has 0 unspecified atom stereocenters. The zero-order valence-electron chi connectivity index (χ0n) is 7.19. The second kappa shape index (κ2) is 4.14. The summed E-state index contributed by atoms with van der Waals surface area (Å²) in [4.78, 5) is 11.2. The number of hydrogen-bond donors (Lipinski definition) is 3. The number of nitrogens with one attached hydrogen (secondary N) is 1. The first-order valence-electron chi connectivity index (χ1n) is 3.82. The van der Waals surface area contributed by atoms with E-state index in [1.807, 2.05) is 0 Å². The minimum Gasteiger partial charge on any atom is -0.504 e. The smallest absolute Gasteiger partial charge is 0.252 e. The zero-order chi connectivity index (χ0) is 10.6. The van der Waals surface area contributed by atoms with Crippen molar-refractivity contribution in [2.24, 2.45) is 0 Å². The Labute approximate surface area is 80.2 Å². The van der Waals surface area contributed by atoms with Gasteiger partial charge in [0.25, 0.3) is 5.91 Å². The molecule has 1 rings (SSSR count). The average molecular weight is 192 g/mol. The molecule has 1 amide bonds. The Balaban J connectivity index is 2.82. The molecule has 0 radical (unpaired) electrons. The Morgan fingerprint density at radius 3 is 2.71 bits per heavy atom. The molecule has 3 N–H and O–H groups in total. The molecule has 5 heteroatoms. The van der Waals surface area contributed by atoms with E-state index in [1.165, 1.54) is 12.1 Å². The first kappa shape index (κ1) is 9.86. The maximum absolute atomic E-state index is 11.2. The van der Waals surface area contributed by atoms with Crippen LogP contribution < -0.4 is 5.32 Å². The van der Waals surface area contributed by atoms with Gasteiger partial charge in [-0.2, -0.15) is 5.26 Å². The molecule has 0 saturated heterocycles. The van der Waals surface area contributed by atoms with Gasteiger partial charge in [-0.25, -0.2) is 0 Å². The minimum absolute atomic E-state index is 0.0968. The number of aromatic hydroxyl groups is 2. The fourth-order valence-corrected chi connectivity index (χ4v) is 0.887. The topological polar surface area (TPSA) is 93.4 Å². The molecule has 0 aromatic heterocycles. The monoisotopic (exact) mass is 192 g/mol. The summed E-state index contributed by atoms with van der Waals surface area (Å²) in [5.41, 5.74) is 0.190. The molecule has 0 aliphatic heterocycles. The van der Waals surface area contributed by atoms with Crippen LogP contribution >= 0.6 is 0 Å². The lowest BCUT2D eigenvalue weighted by Gasteiger charge is -2.02. The predicted molar refractivity (Wildman–Crippen MR) is 47.7 cm³/mol. The lowest BCUT2D eigenvalue weighted by Crippen LogP contribution is -2.23. The van der Waals surface area contributed by atoms with Gasteiger partial charge in [0.1, 0.15) is 6.54 Å². The number of amides is 1. The van der Waals surface area contributed by atoms with Crippen LogP contribution in [0.4, 0.5) is 0 Å². The average Bonchev–Trinajstić information content (AvgIpc) is 2.18. The number of carbonyl (C=O) groups excluding carboxylic acids is 1. The molecule has 0 bridgehead atoms. The van der Waals surface area contributed by atoms with E-state index in [2.05, 4.69) is 5.32 Å². The molecular weight excluding hydrogens is 184 g/mol. The third-order valence-corrected chi connectivity index (χ3v) is 1.57. The number of nitrogens with zero attached hydrogens (tertiary/aromatic N) is 1. The Morgan fingerprint density at radius 1 is 1.43 bits per heavy atom. The van der Waals surface area contributed by atoms with Crippen LogP contribution in [0.1, 0.15) is 10.4 Å². The van der Waals surface area contributed by atoms with Gasteiger partial charge in [0.05, 0.1) is 6.07 Å². The van der Waals surface area contributed by atoms with E-state index in [4.69, 9.17) is 15.5 Å². The van der Waals surface area contributed by atoms with Crippen LogP contribution in [0.5, 0.6) is 11.5 Å². The summed E-state index contributed by atoms with van der Waals surface area (Å²) in [6.07, 6.45) is 0. The predicted octanol–water partition coefficient (Wildman–Crippen LogP) is 0.351. The van der Waals surface area contributed by atoms with Gasteiger partial charge in [0.2, 0.25) is 0 Å². The van der Waals surface area contributed by atoms with E-state index in [9.17, 15) is 4.79 Å². The fourth-order valence-electron chi connectivity index (χ4n) is 0.887. The second-order valence-corrected chi connectivity index (χ2v) is 2.54. The third kappa shape index (κ3) is 2.14. The summed E-state index contributed by atoms with van der Waals surface area (Å²) < 4.78 is 0. The Morgan fingerprint density at radius 2 is 2.14 bits per heavy atom. The molecule has 1 aromatic rings. The van der Waals surface area contributed by atoms with Crippen LogP contribution in [0.25, 0.3) is 0 Å². The van der Waals surface area contributed by atoms with E-state index in [0.29, 0.717) is 0 Å². The van der Waals surface area contributed by atoms with E-state index in [-0.39, 0.29) is 23.6 Å². The molecule has 1 aromatic carbocycles. The molecular formula is C9H8N2O3. The summed E-state index contributed by atoms with van der Waals surface area (Å²) in [7, 11) is 0. The van der Waals surface area contributed by atoms with Gasteiger partial charge in [-0.1, -0.05) is 0 Å². The van der Waals surface area contributed by atoms with Gasteiger partial charge in [-0.15, -0.1) is 0 Å². The van der Waals surface area contributed by atoms with Crippen LogP contribution in [-0.2, 0) is 0 Å². The number of phenolic OH excluding ortho intramolecular Hbond substituents is 2. The van der Waals surface area contributed by atoms with E-state index >= 15 is 0 Å². The highest BCUT2D eigenvalue weighted by molar-refractivity contribution is 5.94. The van der Waals surface area contributed by atoms with Crippen LogP contribution in [0.15, 0.2) is 18.2 Å². The number of phenols is 2. The van der Waals surface area contributed by atoms with Gasteiger partial charge >= 0.3 is 0 Å². The molecule has 0 aliphatic rings. The van der Waals surface area contributed by atoms with Crippen molar-refractivity contribution in [1.82, 2.24) is 5.32 Å². The molecule has 0 saturated carbocycles. The quantitative estimate of drug-likeness (QED) is 0.465. The van der Waals surface area contributed by atoms with Gasteiger partial charge in [0, 0.05) is 5.56 Å². The first-order chi connectivity index (χ1) is 6.65. The minimum atomic E-state index is -0.471. The molecule has 0 fully saturated rings. The lowest BCUT2D eigenvalue weighted by molar-refractivity contribution is 0.0958. The zero-order valence-corrected chi connectivity index (χ0v) is 7.19. The Hall–Kier alpha value is -2.22. The molecule has 0 aliphatic carbocycles. The van der Waals surface area contributed by atoms with Crippen molar-refractivity contribution in [3.8, 4) is 17.6 Å². The van der Waals surface area contributed by atoms with Crippen LogP contribution in [0.3, 0.4) is 0 Å². The van der Waals surface area contributed by atoms with Crippen molar-refractivity contribution in [1.29, 1.82) is 5.26 Å². The molecule has 5 nitrogen and oxygen atoms in total. The number of benzene rings is 1.